The minimum absolute atomic E-state index is 0.194. The highest BCUT2D eigenvalue weighted by atomic mass is 19.1. The Morgan fingerprint density at radius 1 is 1.15 bits per heavy atom. The van der Waals surface area contributed by atoms with Crippen molar-refractivity contribution < 1.29 is 32.5 Å². The summed E-state index contributed by atoms with van der Waals surface area (Å²) in [6.45, 7) is 3.71. The highest BCUT2D eigenvalue weighted by molar-refractivity contribution is 5.69. The molecule has 2 fully saturated rings. The van der Waals surface area contributed by atoms with Gasteiger partial charge < -0.3 is 28.2 Å². The number of fused-ring (bicyclic) bond motifs is 1. The molecule has 0 spiro atoms. The second kappa shape index (κ2) is 9.28. The summed E-state index contributed by atoms with van der Waals surface area (Å²) in [5.41, 5.74) is 2.37. The first-order chi connectivity index (χ1) is 16.4. The lowest BCUT2D eigenvalue weighted by molar-refractivity contribution is -0.0444. The third-order valence-electron chi connectivity index (χ3n) is 6.07. The summed E-state index contributed by atoms with van der Waals surface area (Å²) in [6, 6.07) is 6.20. The van der Waals surface area contributed by atoms with Crippen molar-refractivity contribution in [2.24, 2.45) is 0 Å². The molecule has 1 aromatic carbocycles. The first kappa shape index (κ1) is 22.7. The number of pyridine rings is 1. The van der Waals surface area contributed by atoms with Crippen LogP contribution in [-0.4, -0.2) is 66.5 Å². The van der Waals surface area contributed by atoms with Gasteiger partial charge in [0.05, 0.1) is 56.5 Å². The number of amides is 1. The molecule has 4 heterocycles. The van der Waals surface area contributed by atoms with Crippen molar-refractivity contribution in [2.45, 2.75) is 25.7 Å². The number of aromatic nitrogens is 2. The molecule has 3 aromatic rings. The largest absolute Gasteiger partial charge is 0.453 e. The minimum Gasteiger partial charge on any atom is -0.453 e. The molecule has 2 aromatic heterocycles. The van der Waals surface area contributed by atoms with E-state index in [-0.39, 0.29) is 16.8 Å². The number of carbonyl (C=O) groups is 1. The number of nitrogens with zero attached hydrogens (tertiary/aromatic N) is 3. The summed E-state index contributed by atoms with van der Waals surface area (Å²) in [5, 5.41) is 0. The molecule has 10 heteroatoms. The topological polar surface area (TPSA) is 74.5 Å². The van der Waals surface area contributed by atoms with Gasteiger partial charge in [0.15, 0.2) is 6.29 Å². The van der Waals surface area contributed by atoms with E-state index in [1.54, 1.807) is 9.30 Å². The zero-order chi connectivity index (χ0) is 23.8. The number of morpholine rings is 1. The van der Waals surface area contributed by atoms with Crippen LogP contribution in [0.3, 0.4) is 0 Å². The predicted octanol–water partition coefficient (Wildman–Crippen LogP) is 3.64. The van der Waals surface area contributed by atoms with E-state index in [0.717, 1.165) is 5.56 Å². The molecule has 2 saturated heterocycles. The summed E-state index contributed by atoms with van der Waals surface area (Å²) >= 11 is 0. The first-order valence-electron chi connectivity index (χ1n) is 11.1. The quantitative estimate of drug-likeness (QED) is 0.576. The van der Waals surface area contributed by atoms with Crippen molar-refractivity contribution in [1.82, 2.24) is 14.3 Å². The van der Waals surface area contributed by atoms with Crippen molar-refractivity contribution in [3.05, 3.63) is 58.9 Å². The monoisotopic (exact) mass is 473 g/mol. The molecule has 1 atom stereocenters. The number of hydrogen-bond acceptors (Lipinski definition) is 6. The number of rotatable bonds is 4. The predicted molar refractivity (Wildman–Crippen MR) is 117 cm³/mol. The van der Waals surface area contributed by atoms with Crippen LogP contribution in [0.1, 0.15) is 23.1 Å². The fourth-order valence-corrected chi connectivity index (χ4v) is 4.45. The number of aryl methyl sites for hydroxylation is 1. The standard InChI is InChI=1S/C24H25F2N3O5/c1-14-3-4-29-19(12-16-13-28(5-6-32-16)24(30)31-2)22(27-20(29)9-14)21-17(25)10-15(11-18(21)26)23-33-7-8-34-23/h3-4,9-11,16,23H,5-8,12-13H2,1-2H3/t16-/m1/s1. The minimum atomic E-state index is -0.791. The summed E-state index contributed by atoms with van der Waals surface area (Å²) in [7, 11) is 1.33. The Kier molecular flexibility index (Phi) is 6.20. The zero-order valence-corrected chi connectivity index (χ0v) is 18.9. The lowest BCUT2D eigenvalue weighted by Gasteiger charge is -2.32. The Labute approximate surface area is 195 Å². The van der Waals surface area contributed by atoms with Gasteiger partial charge in [-0.1, -0.05) is 0 Å². The van der Waals surface area contributed by atoms with Crippen LogP contribution in [0, 0.1) is 18.6 Å². The molecule has 0 radical (unpaired) electrons. The maximum absolute atomic E-state index is 15.3. The molecule has 0 saturated carbocycles. The Balaban J connectivity index is 1.55. The van der Waals surface area contributed by atoms with Crippen molar-refractivity contribution >= 4 is 11.7 Å². The SMILES string of the molecule is COC(=O)N1CCO[C@H](Cc2c(-c3c(F)cc(C4OCCO4)cc3F)nc3cc(C)ccn23)C1. The van der Waals surface area contributed by atoms with Gasteiger partial charge in [-0.2, -0.15) is 0 Å². The first-order valence-corrected chi connectivity index (χ1v) is 11.1. The Hall–Kier alpha value is -3.08. The molecule has 2 aliphatic rings. The third-order valence-corrected chi connectivity index (χ3v) is 6.07. The molecule has 0 N–H and O–H groups in total. The Morgan fingerprint density at radius 3 is 2.59 bits per heavy atom. The number of halogens is 2. The molecule has 1 amide bonds. The van der Waals surface area contributed by atoms with E-state index in [4.69, 9.17) is 18.9 Å². The number of ether oxygens (including phenoxy) is 4. The van der Waals surface area contributed by atoms with E-state index in [1.165, 1.54) is 19.2 Å². The van der Waals surface area contributed by atoms with Crippen molar-refractivity contribution in [3.63, 3.8) is 0 Å². The number of hydrogen-bond donors (Lipinski definition) is 0. The molecule has 5 rings (SSSR count). The lowest BCUT2D eigenvalue weighted by Crippen LogP contribution is -2.46. The molecular weight excluding hydrogens is 448 g/mol. The third kappa shape index (κ3) is 4.24. The average molecular weight is 473 g/mol. The second-order valence-electron chi connectivity index (χ2n) is 8.39. The number of imidazole rings is 1. The maximum atomic E-state index is 15.3. The zero-order valence-electron chi connectivity index (χ0n) is 18.9. The molecule has 2 aliphatic heterocycles. The molecule has 180 valence electrons. The van der Waals surface area contributed by atoms with Crippen LogP contribution in [0.5, 0.6) is 0 Å². The fourth-order valence-electron chi connectivity index (χ4n) is 4.45. The number of carbonyl (C=O) groups excluding carboxylic acids is 1. The van der Waals surface area contributed by atoms with Gasteiger partial charge in [0.25, 0.3) is 0 Å². The molecule has 0 aliphatic carbocycles. The van der Waals surface area contributed by atoms with E-state index in [1.807, 2.05) is 25.3 Å². The van der Waals surface area contributed by atoms with E-state index in [2.05, 4.69) is 4.98 Å². The van der Waals surface area contributed by atoms with Gasteiger partial charge in [0, 0.05) is 24.7 Å². The summed E-state index contributed by atoms with van der Waals surface area (Å²) in [4.78, 5) is 18.1. The molecule has 34 heavy (non-hydrogen) atoms. The number of benzene rings is 1. The molecule has 0 bridgehead atoms. The van der Waals surface area contributed by atoms with Gasteiger partial charge in [-0.05, 0) is 36.8 Å². The summed E-state index contributed by atoms with van der Waals surface area (Å²) in [6.07, 6.45) is 0.496. The van der Waals surface area contributed by atoms with E-state index in [9.17, 15) is 4.79 Å². The molecular formula is C24H25F2N3O5. The highest BCUT2D eigenvalue weighted by Gasteiger charge is 2.30. The van der Waals surface area contributed by atoms with Crippen LogP contribution in [0.25, 0.3) is 16.9 Å². The fraction of sp³-hybridized carbons (Fsp3) is 0.417. The maximum Gasteiger partial charge on any atom is 0.409 e. The van der Waals surface area contributed by atoms with Crippen molar-refractivity contribution in [3.8, 4) is 11.3 Å². The van der Waals surface area contributed by atoms with Crippen molar-refractivity contribution in [1.29, 1.82) is 0 Å². The Bertz CT molecular complexity index is 1200. The van der Waals surface area contributed by atoms with Gasteiger partial charge in [0.2, 0.25) is 0 Å². The van der Waals surface area contributed by atoms with Gasteiger partial charge in [0.1, 0.15) is 17.3 Å². The average Bonchev–Trinajstić information content (AvgIpc) is 3.47. The van der Waals surface area contributed by atoms with Crippen LogP contribution in [0.2, 0.25) is 0 Å². The summed E-state index contributed by atoms with van der Waals surface area (Å²) < 4.78 is 53.9. The van der Waals surface area contributed by atoms with Crippen LogP contribution < -0.4 is 0 Å². The van der Waals surface area contributed by atoms with Gasteiger partial charge in [-0.3, -0.25) is 0 Å². The van der Waals surface area contributed by atoms with E-state index >= 15 is 8.78 Å². The van der Waals surface area contributed by atoms with Gasteiger partial charge in [-0.25, -0.2) is 18.6 Å². The molecule has 0 unspecified atom stereocenters. The van der Waals surface area contributed by atoms with Crippen LogP contribution >= 0.6 is 0 Å². The normalized spacial score (nSPS) is 19.2. The van der Waals surface area contributed by atoms with Crippen molar-refractivity contribution in [2.75, 3.05) is 40.0 Å². The number of methoxy groups -OCH3 is 1. The Morgan fingerprint density at radius 2 is 1.88 bits per heavy atom. The van der Waals surface area contributed by atoms with E-state index < -0.39 is 30.1 Å². The summed E-state index contributed by atoms with van der Waals surface area (Å²) in [5.74, 6) is -1.51. The van der Waals surface area contributed by atoms with Crippen LogP contribution in [0.15, 0.2) is 30.5 Å². The van der Waals surface area contributed by atoms with Gasteiger partial charge in [-0.15, -0.1) is 0 Å². The van der Waals surface area contributed by atoms with E-state index in [0.29, 0.717) is 50.7 Å². The van der Waals surface area contributed by atoms with Crippen LogP contribution in [0.4, 0.5) is 13.6 Å². The van der Waals surface area contributed by atoms with Gasteiger partial charge >= 0.3 is 6.09 Å². The second-order valence-corrected chi connectivity index (χ2v) is 8.39. The highest BCUT2D eigenvalue weighted by Crippen LogP contribution is 2.34. The molecule has 8 nitrogen and oxygen atoms in total. The lowest BCUT2D eigenvalue weighted by atomic mass is 10.0. The van der Waals surface area contributed by atoms with Crippen LogP contribution in [-0.2, 0) is 25.4 Å². The smallest absolute Gasteiger partial charge is 0.409 e.